The maximum atomic E-state index is 13.1. The van der Waals surface area contributed by atoms with Crippen LogP contribution in [0, 0.1) is 0 Å². The third kappa shape index (κ3) is 46.4. The third-order valence-corrected chi connectivity index (χ3v) is 13.9. The van der Waals surface area contributed by atoms with E-state index in [1.54, 1.807) is 6.08 Å². The molecule has 1 aliphatic heterocycles. The van der Waals surface area contributed by atoms with Gasteiger partial charge < -0.3 is 40.3 Å². The highest BCUT2D eigenvalue weighted by atomic mass is 16.7. The van der Waals surface area contributed by atoms with Crippen LogP contribution in [0.15, 0.2) is 146 Å². The van der Waals surface area contributed by atoms with Crippen molar-refractivity contribution in [2.24, 2.45) is 0 Å². The molecular formula is C70H115NO8. The molecule has 1 heterocycles. The van der Waals surface area contributed by atoms with Gasteiger partial charge in [0, 0.05) is 6.42 Å². The first-order valence-electron chi connectivity index (χ1n) is 31.6. The fourth-order valence-electron chi connectivity index (χ4n) is 8.94. The summed E-state index contributed by atoms with van der Waals surface area (Å²) >= 11 is 0. The lowest BCUT2D eigenvalue weighted by Crippen LogP contribution is -2.60. The van der Waals surface area contributed by atoms with Gasteiger partial charge in [0.25, 0.3) is 0 Å². The van der Waals surface area contributed by atoms with E-state index in [-0.39, 0.29) is 12.5 Å². The van der Waals surface area contributed by atoms with Crippen LogP contribution in [-0.2, 0) is 14.3 Å². The third-order valence-electron chi connectivity index (χ3n) is 13.9. The average Bonchev–Trinajstić information content (AvgIpc) is 3.47. The topological polar surface area (TPSA) is 149 Å². The van der Waals surface area contributed by atoms with Crippen molar-refractivity contribution >= 4 is 5.91 Å². The van der Waals surface area contributed by atoms with Crippen molar-refractivity contribution in [1.29, 1.82) is 0 Å². The Bertz CT molecular complexity index is 1750. The van der Waals surface area contributed by atoms with E-state index in [1.165, 1.54) is 83.5 Å². The van der Waals surface area contributed by atoms with E-state index in [2.05, 4.69) is 153 Å². The molecule has 9 nitrogen and oxygen atoms in total. The van der Waals surface area contributed by atoms with E-state index in [9.17, 15) is 30.3 Å². The fourth-order valence-corrected chi connectivity index (χ4v) is 8.94. The maximum absolute atomic E-state index is 13.1. The number of unbranched alkanes of at least 4 members (excludes halogenated alkanes) is 20. The normalized spacial score (nSPS) is 19.6. The zero-order valence-corrected chi connectivity index (χ0v) is 49.8. The molecule has 9 heteroatoms. The predicted molar refractivity (Wildman–Crippen MR) is 336 cm³/mol. The van der Waals surface area contributed by atoms with Crippen molar-refractivity contribution in [2.45, 2.75) is 275 Å². The summed E-state index contributed by atoms with van der Waals surface area (Å²) in [6.07, 6.45) is 82.0. The summed E-state index contributed by atoms with van der Waals surface area (Å²) < 4.78 is 11.3. The van der Waals surface area contributed by atoms with E-state index >= 15 is 0 Å². The maximum Gasteiger partial charge on any atom is 0.220 e. The van der Waals surface area contributed by atoms with Crippen LogP contribution in [0.5, 0.6) is 0 Å². The smallest absolute Gasteiger partial charge is 0.220 e. The fraction of sp³-hybridized carbons (Fsp3) is 0.643. The summed E-state index contributed by atoms with van der Waals surface area (Å²) in [5, 5.41) is 54.6. The van der Waals surface area contributed by atoms with Crippen molar-refractivity contribution in [3.05, 3.63) is 146 Å². The molecule has 1 rings (SSSR count). The molecule has 7 atom stereocenters. The summed E-state index contributed by atoms with van der Waals surface area (Å²) in [4.78, 5) is 13.1. The molecule has 1 amide bonds. The van der Waals surface area contributed by atoms with E-state index < -0.39 is 49.5 Å². The number of carbonyl (C=O) groups excluding carboxylic acids is 1. The molecule has 0 aromatic rings. The Labute approximate surface area is 483 Å². The summed E-state index contributed by atoms with van der Waals surface area (Å²) in [6, 6.07) is -0.852. The van der Waals surface area contributed by atoms with Gasteiger partial charge >= 0.3 is 0 Å². The van der Waals surface area contributed by atoms with Gasteiger partial charge in [0.05, 0.1) is 25.4 Å². The Morgan fingerprint density at radius 1 is 0.443 bits per heavy atom. The Balaban J connectivity index is 2.27. The monoisotopic (exact) mass is 1100 g/mol. The molecule has 1 aliphatic rings. The van der Waals surface area contributed by atoms with Gasteiger partial charge in [0.15, 0.2) is 6.29 Å². The van der Waals surface area contributed by atoms with E-state index in [0.717, 1.165) is 122 Å². The van der Waals surface area contributed by atoms with Crippen LogP contribution >= 0.6 is 0 Å². The number of carbonyl (C=O) groups is 1. The quantitative estimate of drug-likeness (QED) is 0.0261. The molecule has 0 aromatic heterocycles. The minimum atomic E-state index is -1.59. The number of hydrogen-bond donors (Lipinski definition) is 6. The van der Waals surface area contributed by atoms with Crippen LogP contribution in [0.25, 0.3) is 0 Å². The van der Waals surface area contributed by atoms with Crippen LogP contribution in [0.2, 0.25) is 0 Å². The molecule has 0 aliphatic carbocycles. The first-order valence-corrected chi connectivity index (χ1v) is 31.6. The molecule has 0 bridgehead atoms. The minimum absolute atomic E-state index is 0.215. The van der Waals surface area contributed by atoms with Crippen molar-refractivity contribution in [3.63, 3.8) is 0 Å². The molecule has 79 heavy (non-hydrogen) atoms. The second-order valence-electron chi connectivity index (χ2n) is 21.1. The highest BCUT2D eigenvalue weighted by Crippen LogP contribution is 2.23. The van der Waals surface area contributed by atoms with E-state index in [4.69, 9.17) is 9.47 Å². The van der Waals surface area contributed by atoms with Gasteiger partial charge in [-0.1, -0.05) is 256 Å². The molecule has 1 saturated heterocycles. The number of hydrogen-bond acceptors (Lipinski definition) is 8. The molecule has 0 spiro atoms. The lowest BCUT2D eigenvalue weighted by molar-refractivity contribution is -0.302. The zero-order chi connectivity index (χ0) is 57.2. The Kier molecular flexibility index (Phi) is 53.0. The van der Waals surface area contributed by atoms with Crippen LogP contribution in [-0.4, -0.2) is 87.5 Å². The summed E-state index contributed by atoms with van der Waals surface area (Å²) in [7, 11) is 0. The van der Waals surface area contributed by atoms with Crippen LogP contribution < -0.4 is 5.32 Å². The van der Waals surface area contributed by atoms with Crippen molar-refractivity contribution in [1.82, 2.24) is 5.32 Å². The van der Waals surface area contributed by atoms with Crippen molar-refractivity contribution < 1.29 is 39.8 Å². The van der Waals surface area contributed by atoms with Gasteiger partial charge in [-0.15, -0.1) is 0 Å². The Morgan fingerprint density at radius 2 is 0.797 bits per heavy atom. The van der Waals surface area contributed by atoms with Crippen LogP contribution in [0.3, 0.4) is 0 Å². The molecule has 6 N–H and O–H groups in total. The molecule has 0 aromatic carbocycles. The predicted octanol–water partition coefficient (Wildman–Crippen LogP) is 16.6. The number of nitrogens with one attached hydrogen (secondary N) is 1. The highest BCUT2D eigenvalue weighted by Gasteiger charge is 2.44. The lowest BCUT2D eigenvalue weighted by atomic mass is 9.99. The van der Waals surface area contributed by atoms with Crippen molar-refractivity contribution in [3.8, 4) is 0 Å². The lowest BCUT2D eigenvalue weighted by Gasteiger charge is -2.40. The number of rotatable bonds is 52. The number of ether oxygens (including phenoxy) is 2. The van der Waals surface area contributed by atoms with Gasteiger partial charge in [-0.05, 0) is 116 Å². The van der Waals surface area contributed by atoms with Crippen LogP contribution in [0.1, 0.15) is 232 Å². The Hall–Kier alpha value is -3.93. The first-order chi connectivity index (χ1) is 38.8. The standard InChI is InChI=1S/C70H115NO8/c1-3-5-7-9-11-13-15-17-19-21-23-25-27-28-29-30-31-32-33-34-35-36-38-40-42-44-46-48-50-52-54-56-58-60-66(74)71-63(62-78-70-69(77)68(76)67(75)65(61-72)79-70)64(73)59-57-55-53-51-49-47-45-43-41-39-37-26-24-22-20-18-16-14-12-10-8-6-4-2/h5,7,11,13,17,19,23,25,28-29,31-32,34-35,38,40-41,43-44,46,49,51,57,59,63-65,67-70,72-73,75-77H,3-4,6,8-10,12,14-16,18,20-22,24,26-27,30,33,36-37,39,42,45,47-48,50,52-56,58,60-62H2,1-2H3,(H,71,74)/b7-5-,13-11-,19-17-,25-23-,29-28-,32-31-,35-34-,40-38-,43-41+,46-44-,51-49+,59-57+. The second-order valence-corrected chi connectivity index (χ2v) is 21.1. The van der Waals surface area contributed by atoms with E-state index in [0.29, 0.717) is 12.8 Å². The van der Waals surface area contributed by atoms with Gasteiger partial charge in [-0.2, -0.15) is 0 Å². The van der Waals surface area contributed by atoms with Gasteiger partial charge in [0.2, 0.25) is 5.91 Å². The van der Waals surface area contributed by atoms with Crippen molar-refractivity contribution in [2.75, 3.05) is 13.2 Å². The molecule has 1 fully saturated rings. The average molecular weight is 1100 g/mol. The van der Waals surface area contributed by atoms with Gasteiger partial charge in [0.1, 0.15) is 24.4 Å². The number of allylic oxidation sites excluding steroid dienone is 23. The van der Waals surface area contributed by atoms with Crippen LogP contribution in [0.4, 0.5) is 0 Å². The largest absolute Gasteiger partial charge is 0.394 e. The zero-order valence-electron chi connectivity index (χ0n) is 49.8. The summed E-state index contributed by atoms with van der Waals surface area (Å²) in [6.45, 7) is 3.63. The second kappa shape index (κ2) is 57.3. The summed E-state index contributed by atoms with van der Waals surface area (Å²) in [5.74, 6) is -0.215. The molecule has 0 radical (unpaired) electrons. The number of aliphatic hydroxyl groups excluding tert-OH is 5. The highest BCUT2D eigenvalue weighted by molar-refractivity contribution is 5.76. The molecule has 0 saturated carbocycles. The first kappa shape index (κ1) is 73.1. The molecule has 7 unspecified atom stereocenters. The Morgan fingerprint density at radius 3 is 1.22 bits per heavy atom. The number of amides is 1. The van der Waals surface area contributed by atoms with E-state index in [1.807, 2.05) is 6.08 Å². The number of aliphatic hydroxyl groups is 5. The minimum Gasteiger partial charge on any atom is -0.394 e. The molecular weight excluding hydrogens is 983 g/mol. The molecule has 448 valence electrons. The van der Waals surface area contributed by atoms with Gasteiger partial charge in [-0.25, -0.2) is 0 Å². The SMILES string of the molecule is CC/C=C\C/C=C\C/C=C\C/C=C\C/C=C\C/C=C\C/C=C\C/C=C\C/C=C\CCCCCCCC(=O)NC(COC1OC(CO)C(O)C(O)C1O)C(O)/C=C/CC/C=C/CC/C=C/CCCCCCCCCCCCCCC. The summed E-state index contributed by atoms with van der Waals surface area (Å²) in [5.41, 5.74) is 0. The van der Waals surface area contributed by atoms with Gasteiger partial charge in [-0.3, -0.25) is 4.79 Å².